The third kappa shape index (κ3) is 2.21. The minimum Gasteiger partial charge on any atom is -0.398 e. The van der Waals surface area contributed by atoms with E-state index in [1.54, 1.807) is 0 Å². The maximum absolute atomic E-state index is 12.9. The van der Waals surface area contributed by atoms with Crippen molar-refractivity contribution >= 4 is 5.69 Å². The first-order chi connectivity index (χ1) is 6.56. The lowest BCUT2D eigenvalue weighted by atomic mass is 9.99. The highest BCUT2D eigenvalue weighted by atomic mass is 19.1. The summed E-state index contributed by atoms with van der Waals surface area (Å²) in [5.41, 5.74) is 12.0. The highest BCUT2D eigenvalue weighted by Gasteiger charge is 2.17. The van der Waals surface area contributed by atoms with Crippen LogP contribution in [-0.4, -0.2) is 11.1 Å². The van der Waals surface area contributed by atoms with Crippen molar-refractivity contribution < 1.29 is 9.50 Å². The molecule has 1 rings (SSSR count). The van der Waals surface area contributed by atoms with Gasteiger partial charge in [-0.3, -0.25) is 0 Å². The maximum atomic E-state index is 12.9. The Labute approximate surface area is 82.5 Å². The molecule has 0 amide bonds. The Balaban J connectivity index is 2.99. The summed E-state index contributed by atoms with van der Waals surface area (Å²) in [7, 11) is 0. The number of anilines is 1. The second kappa shape index (κ2) is 4.39. The predicted molar refractivity (Wildman–Crippen MR) is 54.0 cm³/mol. The Bertz CT molecular complexity index is 317. The van der Waals surface area contributed by atoms with E-state index in [1.165, 1.54) is 18.2 Å². The first-order valence-electron chi connectivity index (χ1n) is 4.54. The fraction of sp³-hybridized carbons (Fsp3) is 0.400. The monoisotopic (exact) mass is 198 g/mol. The molecular weight excluding hydrogens is 183 g/mol. The van der Waals surface area contributed by atoms with Crippen molar-refractivity contribution in [2.24, 2.45) is 5.73 Å². The fourth-order valence-corrected chi connectivity index (χ4v) is 1.26. The molecule has 0 unspecified atom stereocenters. The zero-order valence-corrected chi connectivity index (χ0v) is 8.07. The van der Waals surface area contributed by atoms with Gasteiger partial charge in [0.05, 0.1) is 6.10 Å². The van der Waals surface area contributed by atoms with Gasteiger partial charge in [-0.1, -0.05) is 6.92 Å². The molecule has 0 radical (unpaired) electrons. The highest BCUT2D eigenvalue weighted by Crippen LogP contribution is 2.24. The van der Waals surface area contributed by atoms with Gasteiger partial charge in [0.2, 0.25) is 0 Å². The average molecular weight is 198 g/mol. The van der Waals surface area contributed by atoms with Gasteiger partial charge in [0.15, 0.2) is 0 Å². The van der Waals surface area contributed by atoms with Crippen LogP contribution in [0.15, 0.2) is 18.2 Å². The number of aliphatic hydroxyl groups excluding tert-OH is 1. The molecule has 3 nitrogen and oxygen atoms in total. The lowest BCUT2D eigenvalue weighted by Gasteiger charge is -2.19. The smallest absolute Gasteiger partial charge is 0.123 e. The van der Waals surface area contributed by atoms with Crippen LogP contribution in [0.5, 0.6) is 0 Å². The molecular formula is C10H15FN2O. The van der Waals surface area contributed by atoms with Crippen LogP contribution in [0, 0.1) is 5.82 Å². The fourth-order valence-electron chi connectivity index (χ4n) is 1.26. The van der Waals surface area contributed by atoms with Gasteiger partial charge < -0.3 is 16.6 Å². The van der Waals surface area contributed by atoms with E-state index in [2.05, 4.69) is 0 Å². The van der Waals surface area contributed by atoms with Crippen LogP contribution in [-0.2, 0) is 0 Å². The van der Waals surface area contributed by atoms with Crippen LogP contribution in [0.3, 0.4) is 0 Å². The number of hydrogen-bond acceptors (Lipinski definition) is 3. The van der Waals surface area contributed by atoms with Crippen molar-refractivity contribution in [3.8, 4) is 0 Å². The standard InChI is InChI=1S/C10H15FN2O/c1-2-8(12)10(14)7-5-6(11)3-4-9(7)13/h3-5,8,10,14H,2,12-13H2,1H3/t8-,10+/m0/s1. The number of halogens is 1. The minimum absolute atomic E-state index is 0.361. The quantitative estimate of drug-likeness (QED) is 0.638. The number of hydrogen-bond donors (Lipinski definition) is 3. The highest BCUT2D eigenvalue weighted by molar-refractivity contribution is 5.48. The topological polar surface area (TPSA) is 72.3 Å². The zero-order valence-electron chi connectivity index (χ0n) is 8.07. The van der Waals surface area contributed by atoms with Gasteiger partial charge in [0, 0.05) is 17.3 Å². The SMILES string of the molecule is CC[C@H](N)[C@H](O)c1cc(F)ccc1N. The molecule has 0 bridgehead atoms. The Hall–Kier alpha value is -1.13. The predicted octanol–water partition coefficient (Wildman–Crippen LogP) is 1.18. The van der Waals surface area contributed by atoms with Crippen LogP contribution in [0.1, 0.15) is 25.0 Å². The van der Waals surface area contributed by atoms with Crippen molar-refractivity contribution in [3.63, 3.8) is 0 Å². The van der Waals surface area contributed by atoms with Crippen LogP contribution in [0.25, 0.3) is 0 Å². The van der Waals surface area contributed by atoms with Gasteiger partial charge in [-0.2, -0.15) is 0 Å². The Morgan fingerprint density at radius 2 is 2.14 bits per heavy atom. The maximum Gasteiger partial charge on any atom is 0.123 e. The lowest BCUT2D eigenvalue weighted by molar-refractivity contribution is 0.145. The van der Waals surface area contributed by atoms with E-state index in [0.717, 1.165) is 0 Å². The lowest BCUT2D eigenvalue weighted by Crippen LogP contribution is -2.28. The largest absolute Gasteiger partial charge is 0.398 e. The van der Waals surface area contributed by atoms with E-state index in [0.29, 0.717) is 17.7 Å². The summed E-state index contributed by atoms with van der Waals surface area (Å²) in [6.07, 6.45) is -0.299. The third-order valence-corrected chi connectivity index (χ3v) is 2.24. The van der Waals surface area contributed by atoms with E-state index in [9.17, 15) is 9.50 Å². The van der Waals surface area contributed by atoms with Gasteiger partial charge in [-0.25, -0.2) is 4.39 Å². The number of rotatable bonds is 3. The molecule has 0 aliphatic rings. The molecule has 5 N–H and O–H groups in total. The van der Waals surface area contributed by atoms with Crippen molar-refractivity contribution in [2.45, 2.75) is 25.5 Å². The van der Waals surface area contributed by atoms with Crippen LogP contribution in [0.2, 0.25) is 0 Å². The molecule has 14 heavy (non-hydrogen) atoms. The molecule has 0 aromatic heterocycles. The summed E-state index contributed by atoms with van der Waals surface area (Å²) in [5, 5.41) is 9.72. The molecule has 1 aromatic rings. The third-order valence-electron chi connectivity index (χ3n) is 2.24. The summed E-state index contributed by atoms with van der Waals surface area (Å²) in [4.78, 5) is 0. The van der Waals surface area contributed by atoms with Crippen molar-refractivity contribution in [3.05, 3.63) is 29.6 Å². The van der Waals surface area contributed by atoms with Gasteiger partial charge in [0.1, 0.15) is 5.82 Å². The molecule has 2 atom stereocenters. The van der Waals surface area contributed by atoms with Gasteiger partial charge in [-0.05, 0) is 24.6 Å². The molecule has 1 aromatic carbocycles. The second-order valence-corrected chi connectivity index (χ2v) is 3.29. The first-order valence-corrected chi connectivity index (χ1v) is 4.54. The summed E-state index contributed by atoms with van der Waals surface area (Å²) in [6, 6.07) is 3.48. The van der Waals surface area contributed by atoms with E-state index in [1.807, 2.05) is 6.92 Å². The molecule has 0 saturated heterocycles. The van der Waals surface area contributed by atoms with Gasteiger partial charge in [0.25, 0.3) is 0 Å². The van der Waals surface area contributed by atoms with Crippen molar-refractivity contribution in [1.82, 2.24) is 0 Å². The summed E-state index contributed by atoms with van der Waals surface area (Å²) in [6.45, 7) is 1.85. The van der Waals surface area contributed by atoms with E-state index in [4.69, 9.17) is 11.5 Å². The Kier molecular flexibility index (Phi) is 3.43. The van der Waals surface area contributed by atoms with E-state index < -0.39 is 18.0 Å². The average Bonchev–Trinajstić information content (AvgIpc) is 2.19. The summed E-state index contributed by atoms with van der Waals surface area (Å²) < 4.78 is 12.9. The molecule has 0 fully saturated rings. The van der Waals surface area contributed by atoms with E-state index >= 15 is 0 Å². The number of benzene rings is 1. The summed E-state index contributed by atoms with van der Waals surface area (Å²) >= 11 is 0. The summed E-state index contributed by atoms with van der Waals surface area (Å²) in [5.74, 6) is -0.420. The minimum atomic E-state index is -0.907. The van der Waals surface area contributed by atoms with E-state index in [-0.39, 0.29) is 0 Å². The number of nitrogen functional groups attached to an aromatic ring is 1. The molecule has 0 saturated carbocycles. The van der Waals surface area contributed by atoms with Crippen molar-refractivity contribution in [2.75, 3.05) is 5.73 Å². The second-order valence-electron chi connectivity index (χ2n) is 3.29. The molecule has 0 spiro atoms. The van der Waals surface area contributed by atoms with Crippen LogP contribution < -0.4 is 11.5 Å². The first kappa shape index (κ1) is 10.9. The van der Waals surface area contributed by atoms with Crippen molar-refractivity contribution in [1.29, 1.82) is 0 Å². The molecule has 0 aliphatic carbocycles. The molecule has 78 valence electrons. The molecule has 4 heteroatoms. The zero-order chi connectivity index (χ0) is 10.7. The molecule has 0 heterocycles. The van der Waals surface area contributed by atoms with Gasteiger partial charge >= 0.3 is 0 Å². The van der Waals surface area contributed by atoms with Crippen LogP contribution in [0.4, 0.5) is 10.1 Å². The number of aliphatic hydroxyl groups is 1. The van der Waals surface area contributed by atoms with Crippen LogP contribution >= 0.6 is 0 Å². The Morgan fingerprint density at radius 1 is 1.50 bits per heavy atom. The van der Waals surface area contributed by atoms with Gasteiger partial charge in [-0.15, -0.1) is 0 Å². The molecule has 0 aliphatic heterocycles. The normalized spacial score (nSPS) is 15.1. The number of nitrogens with two attached hydrogens (primary N) is 2. The Morgan fingerprint density at radius 3 is 2.71 bits per heavy atom.